The summed E-state index contributed by atoms with van der Waals surface area (Å²) >= 11 is 1.85. The Morgan fingerprint density at radius 3 is 3.15 bits per heavy atom. The van der Waals surface area contributed by atoms with E-state index in [0.29, 0.717) is 12.0 Å². The van der Waals surface area contributed by atoms with Gasteiger partial charge in [-0.25, -0.2) is 0 Å². The Kier molecular flexibility index (Phi) is 2.67. The molecule has 13 heavy (non-hydrogen) atoms. The molecule has 0 bridgehead atoms. The fourth-order valence-corrected chi connectivity index (χ4v) is 3.17. The van der Waals surface area contributed by atoms with Crippen molar-refractivity contribution in [1.29, 1.82) is 0 Å². The third kappa shape index (κ3) is 1.64. The van der Waals surface area contributed by atoms with Gasteiger partial charge in [0, 0.05) is 10.9 Å². The van der Waals surface area contributed by atoms with Gasteiger partial charge < -0.3 is 5.73 Å². The van der Waals surface area contributed by atoms with E-state index in [2.05, 4.69) is 29.5 Å². The highest BCUT2D eigenvalue weighted by atomic mass is 32.1. The van der Waals surface area contributed by atoms with Crippen LogP contribution in [0.3, 0.4) is 0 Å². The molecular formula is C10H16N2S. The van der Waals surface area contributed by atoms with Crippen molar-refractivity contribution in [1.82, 2.24) is 4.90 Å². The van der Waals surface area contributed by atoms with E-state index in [0.717, 1.165) is 6.54 Å². The maximum absolute atomic E-state index is 5.77. The van der Waals surface area contributed by atoms with Gasteiger partial charge in [-0.3, -0.25) is 4.90 Å². The van der Waals surface area contributed by atoms with Crippen molar-refractivity contribution in [3.63, 3.8) is 0 Å². The highest BCUT2D eigenvalue weighted by molar-refractivity contribution is 7.10. The van der Waals surface area contributed by atoms with Crippen molar-refractivity contribution in [3.05, 3.63) is 22.4 Å². The molecule has 0 spiro atoms. The number of nitrogens with two attached hydrogens (primary N) is 1. The molecule has 1 fully saturated rings. The zero-order valence-corrected chi connectivity index (χ0v) is 8.76. The van der Waals surface area contributed by atoms with Crippen LogP contribution in [0.2, 0.25) is 0 Å². The Labute approximate surface area is 83.4 Å². The van der Waals surface area contributed by atoms with Gasteiger partial charge in [-0.2, -0.15) is 0 Å². The van der Waals surface area contributed by atoms with Crippen LogP contribution in [-0.2, 0) is 0 Å². The molecule has 2 N–H and O–H groups in total. The molecule has 0 saturated carbocycles. The largest absolute Gasteiger partial charge is 0.330 e. The summed E-state index contributed by atoms with van der Waals surface area (Å²) in [5, 5.41) is 2.15. The summed E-state index contributed by atoms with van der Waals surface area (Å²) in [5.41, 5.74) is 5.77. The average Bonchev–Trinajstić information content (AvgIpc) is 2.72. The minimum absolute atomic E-state index is 0.574. The maximum atomic E-state index is 5.77. The van der Waals surface area contributed by atoms with Crippen molar-refractivity contribution in [2.24, 2.45) is 11.7 Å². The Bertz CT molecular complexity index is 258. The zero-order valence-electron chi connectivity index (χ0n) is 7.94. The van der Waals surface area contributed by atoms with Gasteiger partial charge in [-0.15, -0.1) is 11.3 Å². The first-order chi connectivity index (χ1) is 6.33. The predicted molar refractivity (Wildman–Crippen MR) is 56.9 cm³/mol. The molecule has 2 rings (SSSR count). The van der Waals surface area contributed by atoms with E-state index in [1.165, 1.54) is 17.8 Å². The lowest BCUT2D eigenvalue weighted by Crippen LogP contribution is -2.24. The number of rotatable bonds is 2. The summed E-state index contributed by atoms with van der Waals surface area (Å²) in [6.07, 6.45) is 1.25. The number of thiophene rings is 1. The second-order valence-corrected chi connectivity index (χ2v) is 4.70. The van der Waals surface area contributed by atoms with Gasteiger partial charge in [0.05, 0.1) is 0 Å². The van der Waals surface area contributed by atoms with Crippen molar-refractivity contribution >= 4 is 11.3 Å². The third-order valence-corrected chi connectivity index (χ3v) is 3.85. The monoisotopic (exact) mass is 196 g/mol. The van der Waals surface area contributed by atoms with Crippen molar-refractivity contribution in [2.45, 2.75) is 12.5 Å². The van der Waals surface area contributed by atoms with Gasteiger partial charge in [0.2, 0.25) is 0 Å². The number of hydrogen-bond acceptors (Lipinski definition) is 3. The van der Waals surface area contributed by atoms with Gasteiger partial charge in [-0.05, 0) is 43.9 Å². The van der Waals surface area contributed by atoms with Gasteiger partial charge in [-0.1, -0.05) is 6.07 Å². The fourth-order valence-electron chi connectivity index (χ4n) is 2.18. The smallest absolute Gasteiger partial charge is 0.0479 e. The van der Waals surface area contributed by atoms with E-state index in [4.69, 9.17) is 5.73 Å². The first-order valence-corrected chi connectivity index (χ1v) is 5.64. The van der Waals surface area contributed by atoms with E-state index in [1.54, 1.807) is 0 Å². The lowest BCUT2D eigenvalue weighted by Gasteiger charge is -2.22. The first kappa shape index (κ1) is 9.19. The molecule has 1 aliphatic heterocycles. The molecule has 1 aromatic heterocycles. The molecule has 72 valence electrons. The van der Waals surface area contributed by atoms with Crippen molar-refractivity contribution in [3.8, 4) is 0 Å². The molecule has 0 aliphatic carbocycles. The molecular weight excluding hydrogens is 180 g/mol. The highest BCUT2D eigenvalue weighted by Crippen LogP contribution is 2.37. The van der Waals surface area contributed by atoms with Crippen LogP contribution in [0.1, 0.15) is 17.3 Å². The van der Waals surface area contributed by atoms with Crippen LogP contribution in [0.25, 0.3) is 0 Å². The minimum atomic E-state index is 0.574. The van der Waals surface area contributed by atoms with Crippen LogP contribution in [0.5, 0.6) is 0 Å². The van der Waals surface area contributed by atoms with Gasteiger partial charge in [0.1, 0.15) is 0 Å². The SMILES string of the molecule is CN1CC[C@H](CN)[C@H]1c1cccs1. The molecule has 2 nitrogen and oxygen atoms in total. The lowest BCUT2D eigenvalue weighted by molar-refractivity contribution is 0.284. The van der Waals surface area contributed by atoms with Crippen LogP contribution in [-0.4, -0.2) is 25.0 Å². The van der Waals surface area contributed by atoms with E-state index in [9.17, 15) is 0 Å². The molecule has 1 saturated heterocycles. The highest BCUT2D eigenvalue weighted by Gasteiger charge is 2.32. The van der Waals surface area contributed by atoms with Crippen LogP contribution >= 0.6 is 11.3 Å². The Morgan fingerprint density at radius 1 is 1.69 bits per heavy atom. The number of likely N-dealkylation sites (tertiary alicyclic amines) is 1. The second-order valence-electron chi connectivity index (χ2n) is 3.73. The quantitative estimate of drug-likeness (QED) is 0.780. The van der Waals surface area contributed by atoms with Gasteiger partial charge in [0.15, 0.2) is 0 Å². The molecule has 0 amide bonds. The summed E-state index contributed by atoms with van der Waals surface area (Å²) in [4.78, 5) is 3.89. The molecule has 2 heterocycles. The molecule has 3 heteroatoms. The summed E-state index contributed by atoms with van der Waals surface area (Å²) in [5.74, 6) is 0.656. The zero-order chi connectivity index (χ0) is 9.26. The average molecular weight is 196 g/mol. The molecule has 0 radical (unpaired) electrons. The lowest BCUT2D eigenvalue weighted by atomic mass is 9.99. The standard InChI is InChI=1S/C10H16N2S/c1-12-5-4-8(7-11)10(12)9-3-2-6-13-9/h2-3,6,8,10H,4-5,7,11H2,1H3/t8-,10+/m1/s1. The molecule has 0 unspecified atom stereocenters. The minimum Gasteiger partial charge on any atom is -0.330 e. The predicted octanol–water partition coefficient (Wildman–Crippen LogP) is 1.70. The van der Waals surface area contributed by atoms with Crippen LogP contribution in [0.4, 0.5) is 0 Å². The van der Waals surface area contributed by atoms with E-state index < -0.39 is 0 Å². The second kappa shape index (κ2) is 3.78. The summed E-state index contributed by atoms with van der Waals surface area (Å²) in [6.45, 7) is 2.00. The summed E-state index contributed by atoms with van der Waals surface area (Å²) < 4.78 is 0. The van der Waals surface area contributed by atoms with Gasteiger partial charge in [0.25, 0.3) is 0 Å². The van der Waals surface area contributed by atoms with Crippen molar-refractivity contribution < 1.29 is 0 Å². The normalized spacial score (nSPS) is 29.7. The third-order valence-electron chi connectivity index (χ3n) is 2.91. The molecule has 1 aliphatic rings. The van der Waals surface area contributed by atoms with Crippen LogP contribution in [0, 0.1) is 5.92 Å². The number of hydrogen-bond donors (Lipinski definition) is 1. The molecule has 0 aromatic carbocycles. The molecule has 1 aromatic rings. The van der Waals surface area contributed by atoms with E-state index in [-0.39, 0.29) is 0 Å². The summed E-state index contributed by atoms with van der Waals surface area (Å²) in [7, 11) is 2.19. The summed E-state index contributed by atoms with van der Waals surface area (Å²) in [6, 6.07) is 4.92. The molecule has 2 atom stereocenters. The first-order valence-electron chi connectivity index (χ1n) is 4.76. The van der Waals surface area contributed by atoms with Crippen molar-refractivity contribution in [2.75, 3.05) is 20.1 Å². The van der Waals surface area contributed by atoms with E-state index >= 15 is 0 Å². The van der Waals surface area contributed by atoms with E-state index in [1.807, 2.05) is 11.3 Å². The van der Waals surface area contributed by atoms with Crippen LogP contribution < -0.4 is 5.73 Å². The Morgan fingerprint density at radius 2 is 2.54 bits per heavy atom. The maximum Gasteiger partial charge on any atom is 0.0479 e. The number of nitrogens with zero attached hydrogens (tertiary/aromatic N) is 1. The van der Waals surface area contributed by atoms with Crippen LogP contribution in [0.15, 0.2) is 17.5 Å². The van der Waals surface area contributed by atoms with Gasteiger partial charge >= 0.3 is 0 Å². The topological polar surface area (TPSA) is 29.3 Å². The fraction of sp³-hybridized carbons (Fsp3) is 0.600. The Hall–Kier alpha value is -0.380. The Balaban J connectivity index is 2.20.